The quantitative estimate of drug-likeness (QED) is 0.582. The summed E-state index contributed by atoms with van der Waals surface area (Å²) < 4.78 is 0. The third-order valence-corrected chi connectivity index (χ3v) is 4.87. The molecule has 0 spiro atoms. The fourth-order valence-electron chi connectivity index (χ4n) is 2.61. The van der Waals surface area contributed by atoms with Gasteiger partial charge in [-0.15, -0.1) is 0 Å². The highest BCUT2D eigenvalue weighted by atomic mass is 35.5. The van der Waals surface area contributed by atoms with Gasteiger partial charge in [-0.25, -0.2) is 9.69 Å². The molecular weight excluding hydrogens is 403 g/mol. The zero-order chi connectivity index (χ0) is 19.0. The van der Waals surface area contributed by atoms with Crippen LogP contribution in [0.1, 0.15) is 16.8 Å². The van der Waals surface area contributed by atoms with Crippen molar-refractivity contribution in [3.05, 3.63) is 57.0 Å². The number of carboxylic acid groups (broad SMARTS) is 1. The van der Waals surface area contributed by atoms with Gasteiger partial charge in [0.1, 0.15) is 6.04 Å². The predicted octanol–water partition coefficient (Wildman–Crippen LogP) is 4.09. The van der Waals surface area contributed by atoms with Crippen LogP contribution in [0.2, 0.25) is 15.1 Å². The van der Waals surface area contributed by atoms with Crippen molar-refractivity contribution in [2.45, 2.75) is 12.5 Å². The van der Waals surface area contributed by atoms with Crippen LogP contribution >= 0.6 is 34.8 Å². The lowest BCUT2D eigenvalue weighted by molar-refractivity contribution is -0.121. The SMILES string of the molecule is O=C(O)c1cccc(N2C(=O)CC(Nc3cc(Cl)c(Cl)cc3Cl)C2=O)c1. The molecule has 1 saturated heterocycles. The fourth-order valence-corrected chi connectivity index (χ4v) is 3.22. The Hall–Kier alpha value is -2.28. The normalized spacial score (nSPS) is 16.9. The number of carbonyl (C=O) groups is 3. The van der Waals surface area contributed by atoms with E-state index < -0.39 is 23.8 Å². The van der Waals surface area contributed by atoms with Crippen molar-refractivity contribution in [1.82, 2.24) is 0 Å². The highest BCUT2D eigenvalue weighted by Crippen LogP contribution is 2.34. The average Bonchev–Trinajstić information content (AvgIpc) is 2.86. The van der Waals surface area contributed by atoms with Gasteiger partial charge in [-0.05, 0) is 30.3 Å². The van der Waals surface area contributed by atoms with Crippen LogP contribution < -0.4 is 10.2 Å². The van der Waals surface area contributed by atoms with E-state index in [1.807, 2.05) is 0 Å². The minimum atomic E-state index is -1.15. The Bertz CT molecular complexity index is 932. The van der Waals surface area contributed by atoms with Gasteiger partial charge in [0.2, 0.25) is 5.91 Å². The monoisotopic (exact) mass is 412 g/mol. The zero-order valence-electron chi connectivity index (χ0n) is 13.0. The van der Waals surface area contributed by atoms with Crippen LogP contribution in [-0.4, -0.2) is 28.9 Å². The summed E-state index contributed by atoms with van der Waals surface area (Å²) >= 11 is 17.9. The molecule has 2 aromatic carbocycles. The molecule has 0 bridgehead atoms. The Morgan fingerprint density at radius 3 is 2.46 bits per heavy atom. The van der Waals surface area contributed by atoms with Gasteiger partial charge in [-0.3, -0.25) is 9.59 Å². The Balaban J connectivity index is 1.87. The summed E-state index contributed by atoms with van der Waals surface area (Å²) in [6.07, 6.45) is -0.104. The Kier molecular flexibility index (Phi) is 5.09. The van der Waals surface area contributed by atoms with Crippen LogP contribution in [0.25, 0.3) is 0 Å². The van der Waals surface area contributed by atoms with Gasteiger partial charge in [-0.1, -0.05) is 40.9 Å². The third-order valence-electron chi connectivity index (χ3n) is 3.84. The number of hydrogen-bond donors (Lipinski definition) is 2. The molecule has 1 aliphatic rings. The van der Waals surface area contributed by atoms with Crippen LogP contribution in [-0.2, 0) is 9.59 Å². The van der Waals surface area contributed by atoms with Crippen molar-refractivity contribution in [2.24, 2.45) is 0 Å². The fraction of sp³-hybridized carbons (Fsp3) is 0.118. The van der Waals surface area contributed by atoms with Crippen molar-refractivity contribution in [2.75, 3.05) is 10.2 Å². The first-order valence-corrected chi connectivity index (χ1v) is 8.52. The lowest BCUT2D eigenvalue weighted by Gasteiger charge is -2.17. The molecule has 2 aromatic rings. The lowest BCUT2D eigenvalue weighted by Crippen LogP contribution is -2.35. The Morgan fingerprint density at radius 1 is 1.08 bits per heavy atom. The lowest BCUT2D eigenvalue weighted by atomic mass is 10.2. The molecule has 1 unspecified atom stereocenters. The number of carboxylic acids is 1. The standard InChI is InChI=1S/C17H11Cl3N2O4/c18-10-5-12(20)13(6-11(10)19)21-14-7-15(23)22(16(14)24)9-3-1-2-8(4-9)17(25)26/h1-6,14,21H,7H2,(H,25,26). The van der Waals surface area contributed by atoms with Crippen molar-refractivity contribution < 1.29 is 19.5 Å². The van der Waals surface area contributed by atoms with Gasteiger partial charge in [0, 0.05) is 0 Å². The number of aromatic carboxylic acids is 1. The maximum Gasteiger partial charge on any atom is 0.335 e. The van der Waals surface area contributed by atoms with Crippen LogP contribution in [0, 0.1) is 0 Å². The first-order chi connectivity index (χ1) is 12.3. The van der Waals surface area contributed by atoms with E-state index in [0.717, 1.165) is 4.90 Å². The topological polar surface area (TPSA) is 86.7 Å². The van der Waals surface area contributed by atoms with E-state index in [1.54, 1.807) is 0 Å². The second-order valence-corrected chi connectivity index (χ2v) is 6.79. The number of halogens is 3. The van der Waals surface area contributed by atoms with Crippen molar-refractivity contribution in [1.29, 1.82) is 0 Å². The molecule has 1 atom stereocenters. The van der Waals surface area contributed by atoms with Gasteiger partial charge >= 0.3 is 5.97 Å². The number of benzene rings is 2. The van der Waals surface area contributed by atoms with Crippen LogP contribution in [0.4, 0.5) is 11.4 Å². The minimum absolute atomic E-state index is 0.0213. The van der Waals surface area contributed by atoms with Crippen molar-refractivity contribution >= 4 is 64.0 Å². The van der Waals surface area contributed by atoms with Crippen LogP contribution in [0.15, 0.2) is 36.4 Å². The van der Waals surface area contributed by atoms with E-state index >= 15 is 0 Å². The molecule has 6 nitrogen and oxygen atoms in total. The average molecular weight is 414 g/mol. The molecule has 0 radical (unpaired) electrons. The number of nitrogens with one attached hydrogen (secondary N) is 1. The summed E-state index contributed by atoms with van der Waals surface area (Å²) in [7, 11) is 0. The summed E-state index contributed by atoms with van der Waals surface area (Å²) in [6.45, 7) is 0. The van der Waals surface area contributed by atoms with Gasteiger partial charge in [0.05, 0.1) is 38.4 Å². The maximum atomic E-state index is 12.7. The zero-order valence-corrected chi connectivity index (χ0v) is 15.3. The third kappa shape index (κ3) is 3.49. The smallest absolute Gasteiger partial charge is 0.335 e. The Labute approximate surface area is 163 Å². The largest absolute Gasteiger partial charge is 0.478 e. The second-order valence-electron chi connectivity index (χ2n) is 5.57. The molecular formula is C17H11Cl3N2O4. The van der Waals surface area contributed by atoms with E-state index in [9.17, 15) is 14.4 Å². The number of amides is 2. The molecule has 26 heavy (non-hydrogen) atoms. The summed E-state index contributed by atoms with van der Waals surface area (Å²) in [5.41, 5.74) is 0.546. The molecule has 2 N–H and O–H groups in total. The maximum absolute atomic E-state index is 12.7. The van der Waals surface area contributed by atoms with E-state index in [1.165, 1.54) is 36.4 Å². The molecule has 0 aromatic heterocycles. The summed E-state index contributed by atoms with van der Waals surface area (Å²) in [5.74, 6) is -2.12. The predicted molar refractivity (Wildman–Crippen MR) is 99.4 cm³/mol. The van der Waals surface area contributed by atoms with Crippen LogP contribution in [0.5, 0.6) is 0 Å². The first-order valence-electron chi connectivity index (χ1n) is 7.39. The molecule has 1 heterocycles. The number of carbonyl (C=O) groups excluding carboxylic acids is 2. The molecule has 0 saturated carbocycles. The molecule has 9 heteroatoms. The number of hydrogen-bond acceptors (Lipinski definition) is 4. The van der Waals surface area contributed by atoms with Gasteiger partial charge in [0.25, 0.3) is 5.91 Å². The van der Waals surface area contributed by atoms with Crippen LogP contribution in [0.3, 0.4) is 0 Å². The summed E-state index contributed by atoms with van der Waals surface area (Å²) in [4.78, 5) is 37.0. The van der Waals surface area contributed by atoms with E-state index in [2.05, 4.69) is 5.32 Å². The molecule has 3 rings (SSSR count). The van der Waals surface area contributed by atoms with Crippen molar-refractivity contribution in [3.63, 3.8) is 0 Å². The van der Waals surface area contributed by atoms with Gasteiger partial charge in [0.15, 0.2) is 0 Å². The number of nitrogens with zero attached hydrogens (tertiary/aromatic N) is 1. The molecule has 0 aliphatic carbocycles. The minimum Gasteiger partial charge on any atom is -0.478 e. The highest BCUT2D eigenvalue weighted by Gasteiger charge is 2.40. The molecule has 134 valence electrons. The van der Waals surface area contributed by atoms with E-state index in [0.29, 0.717) is 5.69 Å². The Morgan fingerprint density at radius 2 is 1.77 bits per heavy atom. The van der Waals surface area contributed by atoms with Gasteiger partial charge < -0.3 is 10.4 Å². The van der Waals surface area contributed by atoms with E-state index in [4.69, 9.17) is 39.9 Å². The number of rotatable bonds is 4. The first kappa shape index (κ1) is 18.5. The molecule has 1 aliphatic heterocycles. The number of imide groups is 1. The second kappa shape index (κ2) is 7.15. The summed E-state index contributed by atoms with van der Waals surface area (Å²) in [5, 5.41) is 12.7. The van der Waals surface area contributed by atoms with Crippen molar-refractivity contribution in [3.8, 4) is 0 Å². The number of anilines is 2. The molecule has 1 fully saturated rings. The van der Waals surface area contributed by atoms with E-state index in [-0.39, 0.29) is 32.7 Å². The summed E-state index contributed by atoms with van der Waals surface area (Å²) in [6, 6.07) is 7.66. The molecule has 2 amide bonds. The highest BCUT2D eigenvalue weighted by molar-refractivity contribution is 6.44. The van der Waals surface area contributed by atoms with Gasteiger partial charge in [-0.2, -0.15) is 0 Å².